The van der Waals surface area contributed by atoms with E-state index < -0.39 is 26.0 Å². The first-order valence-corrected chi connectivity index (χ1v) is 11.6. The molecule has 0 spiro atoms. The van der Waals surface area contributed by atoms with E-state index in [0.717, 1.165) is 11.1 Å². The van der Waals surface area contributed by atoms with Gasteiger partial charge in [0.05, 0.1) is 9.79 Å². The van der Waals surface area contributed by atoms with Crippen molar-refractivity contribution in [3.63, 3.8) is 0 Å². The Morgan fingerprint density at radius 1 is 0.714 bits per heavy atom. The maximum Gasteiger partial charge on any atom is 0.299 e. The summed E-state index contributed by atoms with van der Waals surface area (Å²) >= 11 is 0. The summed E-state index contributed by atoms with van der Waals surface area (Å²) in [5, 5.41) is 0. The summed E-state index contributed by atoms with van der Waals surface area (Å²) in [6, 6.07) is 12.3. The first-order valence-electron chi connectivity index (χ1n) is 8.82. The van der Waals surface area contributed by atoms with Crippen molar-refractivity contribution in [3.8, 4) is 0 Å². The van der Waals surface area contributed by atoms with Gasteiger partial charge in [-0.25, -0.2) is 8.37 Å². The molecular formula is C20H22O6S2. The molecule has 150 valence electrons. The number of hydrogen-bond acceptors (Lipinski definition) is 6. The van der Waals surface area contributed by atoms with Gasteiger partial charge in [0, 0.05) is 12.8 Å². The predicted octanol–water partition coefficient (Wildman–Crippen LogP) is 3.85. The average molecular weight is 423 g/mol. The summed E-state index contributed by atoms with van der Waals surface area (Å²) < 4.78 is 61.8. The van der Waals surface area contributed by atoms with Crippen LogP contribution in [-0.4, -0.2) is 22.6 Å². The second-order valence-electron chi connectivity index (χ2n) is 6.83. The number of aryl methyl sites for hydroxylation is 2. The van der Waals surface area contributed by atoms with Crippen molar-refractivity contribution < 1.29 is 25.2 Å². The summed E-state index contributed by atoms with van der Waals surface area (Å²) in [4.78, 5) is -0.105. The van der Waals surface area contributed by atoms with Crippen LogP contribution in [0.4, 0.5) is 0 Å². The van der Waals surface area contributed by atoms with Gasteiger partial charge in [-0.15, -0.1) is 0 Å². The minimum absolute atomic E-state index is 0.00316. The van der Waals surface area contributed by atoms with E-state index in [4.69, 9.17) is 8.37 Å². The van der Waals surface area contributed by atoms with Crippen LogP contribution in [0.15, 0.2) is 70.5 Å². The quantitative estimate of drug-likeness (QED) is 0.399. The topological polar surface area (TPSA) is 86.7 Å². The van der Waals surface area contributed by atoms with Gasteiger partial charge < -0.3 is 0 Å². The number of rotatable bonds is 6. The predicted molar refractivity (Wildman–Crippen MR) is 105 cm³/mol. The van der Waals surface area contributed by atoms with E-state index >= 15 is 0 Å². The van der Waals surface area contributed by atoms with E-state index in [-0.39, 0.29) is 22.6 Å². The smallest absolute Gasteiger partial charge is 0.230 e. The highest BCUT2D eigenvalue weighted by Gasteiger charge is 2.43. The highest BCUT2D eigenvalue weighted by atomic mass is 32.2. The Morgan fingerprint density at radius 2 is 1.14 bits per heavy atom. The Balaban J connectivity index is 1.93. The fourth-order valence-corrected chi connectivity index (χ4v) is 5.20. The lowest BCUT2D eigenvalue weighted by Gasteiger charge is -2.32. The number of allylic oxidation sites excluding steroid dienone is 1. The molecule has 0 unspecified atom stereocenters. The summed E-state index contributed by atoms with van der Waals surface area (Å²) in [7, 11) is -8.44. The number of benzene rings is 2. The van der Waals surface area contributed by atoms with Gasteiger partial charge in [0.1, 0.15) is 0 Å². The van der Waals surface area contributed by atoms with Crippen LogP contribution in [0.25, 0.3) is 0 Å². The lowest BCUT2D eigenvalue weighted by Crippen LogP contribution is -2.40. The molecule has 8 heteroatoms. The fourth-order valence-electron chi connectivity index (χ4n) is 2.86. The van der Waals surface area contributed by atoms with Crippen molar-refractivity contribution in [3.05, 3.63) is 71.8 Å². The molecule has 0 amide bonds. The lowest BCUT2D eigenvalue weighted by molar-refractivity contribution is -0.110. The summed E-state index contributed by atoms with van der Waals surface area (Å²) in [6.07, 6.45) is 4.04. The van der Waals surface area contributed by atoms with Crippen LogP contribution in [0.3, 0.4) is 0 Å². The Morgan fingerprint density at radius 3 is 1.50 bits per heavy atom. The third kappa shape index (κ3) is 4.70. The molecule has 28 heavy (non-hydrogen) atoms. The van der Waals surface area contributed by atoms with Gasteiger partial charge in [0.2, 0.25) is 5.79 Å². The van der Waals surface area contributed by atoms with Crippen molar-refractivity contribution in [2.75, 3.05) is 0 Å². The van der Waals surface area contributed by atoms with E-state index in [1.807, 2.05) is 19.9 Å². The molecule has 1 aliphatic rings. The second-order valence-corrected chi connectivity index (χ2v) is 9.92. The van der Waals surface area contributed by atoms with Gasteiger partial charge in [0.15, 0.2) is 0 Å². The van der Waals surface area contributed by atoms with Crippen molar-refractivity contribution >= 4 is 20.2 Å². The maximum atomic E-state index is 12.8. The third-order valence-electron chi connectivity index (χ3n) is 4.43. The molecule has 6 nitrogen and oxygen atoms in total. The summed E-state index contributed by atoms with van der Waals surface area (Å²) in [5.41, 5.74) is 1.79. The van der Waals surface area contributed by atoms with Crippen molar-refractivity contribution in [2.45, 2.75) is 48.7 Å². The zero-order valence-electron chi connectivity index (χ0n) is 15.7. The van der Waals surface area contributed by atoms with Crippen LogP contribution in [0.2, 0.25) is 0 Å². The van der Waals surface area contributed by atoms with Gasteiger partial charge in [0.25, 0.3) is 20.2 Å². The minimum Gasteiger partial charge on any atom is -0.230 e. The van der Waals surface area contributed by atoms with E-state index in [1.54, 1.807) is 30.3 Å². The van der Waals surface area contributed by atoms with Crippen molar-refractivity contribution in [1.82, 2.24) is 0 Å². The summed E-state index contributed by atoms with van der Waals surface area (Å²) in [6.45, 7) is 3.67. The molecule has 0 saturated heterocycles. The first-order chi connectivity index (χ1) is 13.1. The normalized spacial score (nSPS) is 16.8. The molecule has 0 aliphatic heterocycles. The van der Waals surface area contributed by atoms with Crippen LogP contribution in [0.1, 0.15) is 30.4 Å². The molecule has 0 radical (unpaired) electrons. The Labute approximate surface area is 166 Å². The lowest BCUT2D eigenvalue weighted by atomic mass is 10.0. The third-order valence-corrected chi connectivity index (χ3v) is 7.18. The molecule has 0 bridgehead atoms. The summed E-state index contributed by atoms with van der Waals surface area (Å²) in [5.74, 6) is -1.82. The Hall–Kier alpha value is -2.00. The van der Waals surface area contributed by atoms with Crippen molar-refractivity contribution in [1.29, 1.82) is 0 Å². The molecule has 0 N–H and O–H groups in total. The van der Waals surface area contributed by atoms with Crippen LogP contribution < -0.4 is 0 Å². The Kier molecular flexibility index (Phi) is 5.77. The van der Waals surface area contributed by atoms with E-state index in [2.05, 4.69) is 0 Å². The zero-order chi connectivity index (χ0) is 20.4. The molecule has 0 atom stereocenters. The second kappa shape index (κ2) is 7.79. The molecule has 0 heterocycles. The van der Waals surface area contributed by atoms with Crippen molar-refractivity contribution in [2.24, 2.45) is 0 Å². The molecule has 2 aromatic carbocycles. The van der Waals surface area contributed by atoms with Crippen LogP contribution in [-0.2, 0) is 28.6 Å². The van der Waals surface area contributed by atoms with Gasteiger partial charge in [-0.1, -0.05) is 47.5 Å². The highest BCUT2D eigenvalue weighted by molar-refractivity contribution is 7.87. The molecular weight excluding hydrogens is 400 g/mol. The van der Waals surface area contributed by atoms with E-state index in [9.17, 15) is 16.8 Å². The van der Waals surface area contributed by atoms with E-state index in [0.29, 0.717) is 6.42 Å². The highest BCUT2D eigenvalue weighted by Crippen LogP contribution is 2.36. The minimum atomic E-state index is -4.22. The molecule has 2 aromatic rings. The molecule has 0 saturated carbocycles. The molecule has 0 fully saturated rings. The van der Waals surface area contributed by atoms with Gasteiger partial charge in [-0.05, 0) is 44.5 Å². The monoisotopic (exact) mass is 422 g/mol. The van der Waals surface area contributed by atoms with E-state index in [1.165, 1.54) is 24.3 Å². The standard InChI is InChI=1S/C20H22O6S2/c1-16-6-10-18(11-7-16)27(21,22)25-20(14-4-3-5-15-20)26-28(23,24)19-12-8-17(2)9-13-19/h3-4,6-13H,5,14-15H2,1-2H3. The largest absolute Gasteiger partial charge is 0.299 e. The molecule has 3 rings (SSSR count). The van der Waals surface area contributed by atoms with Gasteiger partial charge in [-0.3, -0.25) is 0 Å². The molecule has 0 aromatic heterocycles. The van der Waals surface area contributed by atoms with Gasteiger partial charge >= 0.3 is 0 Å². The fraction of sp³-hybridized carbons (Fsp3) is 0.300. The van der Waals surface area contributed by atoms with Crippen LogP contribution in [0, 0.1) is 13.8 Å². The Bertz CT molecular complexity index is 989. The zero-order valence-corrected chi connectivity index (χ0v) is 17.3. The van der Waals surface area contributed by atoms with Gasteiger partial charge in [-0.2, -0.15) is 16.8 Å². The maximum absolute atomic E-state index is 12.8. The average Bonchev–Trinajstić information content (AvgIpc) is 2.62. The molecule has 1 aliphatic carbocycles. The SMILES string of the molecule is Cc1ccc(S(=O)(=O)OC2(OS(=O)(=O)c3ccc(C)cc3)CC=CCC2)cc1. The van der Waals surface area contributed by atoms with Crippen LogP contribution >= 0.6 is 0 Å². The first kappa shape index (κ1) is 20.7. The van der Waals surface area contributed by atoms with Crippen LogP contribution in [0.5, 0.6) is 0 Å². The number of hydrogen-bond donors (Lipinski definition) is 0.